The minimum absolute atomic E-state index is 0.315. The predicted molar refractivity (Wildman–Crippen MR) is 68.8 cm³/mol. The number of rotatable bonds is 4. The van der Waals surface area contributed by atoms with Crippen LogP contribution in [0.25, 0.3) is 0 Å². The van der Waals surface area contributed by atoms with Gasteiger partial charge in [0.15, 0.2) is 6.29 Å². The zero-order valence-electron chi connectivity index (χ0n) is 10.7. The Kier molecular flexibility index (Phi) is 4.20. The van der Waals surface area contributed by atoms with Crippen LogP contribution in [0.4, 0.5) is 0 Å². The quantitative estimate of drug-likeness (QED) is 0.524. The SMILES string of the molecule is C=C[C@@]1(O)[C@@H](COC(=O)c2ccccc2)OC(O)[C@@H]1O. The second kappa shape index (κ2) is 5.72. The molecule has 1 aromatic rings. The second-order valence-corrected chi connectivity index (χ2v) is 4.52. The van der Waals surface area contributed by atoms with Crippen molar-refractivity contribution in [1.29, 1.82) is 0 Å². The van der Waals surface area contributed by atoms with Gasteiger partial charge in [-0.25, -0.2) is 4.79 Å². The van der Waals surface area contributed by atoms with Crippen molar-refractivity contribution in [2.75, 3.05) is 6.61 Å². The molecular weight excluding hydrogens is 264 g/mol. The van der Waals surface area contributed by atoms with E-state index in [1.54, 1.807) is 30.3 Å². The average molecular weight is 280 g/mol. The Balaban J connectivity index is 2.01. The zero-order valence-corrected chi connectivity index (χ0v) is 10.7. The smallest absolute Gasteiger partial charge is 0.338 e. The van der Waals surface area contributed by atoms with Gasteiger partial charge in [0.05, 0.1) is 5.56 Å². The Morgan fingerprint density at radius 3 is 2.65 bits per heavy atom. The number of hydrogen-bond acceptors (Lipinski definition) is 6. The third-order valence-corrected chi connectivity index (χ3v) is 3.27. The van der Waals surface area contributed by atoms with Crippen LogP contribution in [-0.2, 0) is 9.47 Å². The molecule has 0 amide bonds. The number of ether oxygens (including phenoxy) is 2. The van der Waals surface area contributed by atoms with E-state index in [4.69, 9.17) is 9.47 Å². The lowest BCUT2D eigenvalue weighted by Gasteiger charge is -2.26. The van der Waals surface area contributed by atoms with Crippen molar-refractivity contribution < 1.29 is 29.6 Å². The number of benzene rings is 1. The molecule has 20 heavy (non-hydrogen) atoms. The van der Waals surface area contributed by atoms with Crippen LogP contribution >= 0.6 is 0 Å². The Labute approximate surface area is 115 Å². The summed E-state index contributed by atoms with van der Waals surface area (Å²) in [5.41, 5.74) is -1.51. The molecule has 1 saturated heterocycles. The van der Waals surface area contributed by atoms with E-state index in [1.807, 2.05) is 0 Å². The summed E-state index contributed by atoms with van der Waals surface area (Å²) in [6, 6.07) is 8.31. The first-order chi connectivity index (χ1) is 9.49. The first-order valence-corrected chi connectivity index (χ1v) is 6.08. The fraction of sp³-hybridized carbons (Fsp3) is 0.357. The molecule has 1 unspecified atom stereocenters. The molecule has 2 rings (SSSR count). The van der Waals surface area contributed by atoms with Gasteiger partial charge in [0, 0.05) is 0 Å². The van der Waals surface area contributed by atoms with Gasteiger partial charge in [0.25, 0.3) is 0 Å². The second-order valence-electron chi connectivity index (χ2n) is 4.52. The molecule has 0 bridgehead atoms. The van der Waals surface area contributed by atoms with Crippen molar-refractivity contribution in [3.05, 3.63) is 48.6 Å². The van der Waals surface area contributed by atoms with Crippen molar-refractivity contribution in [2.45, 2.75) is 24.1 Å². The van der Waals surface area contributed by atoms with Crippen molar-refractivity contribution in [3.63, 3.8) is 0 Å². The molecule has 0 spiro atoms. The lowest BCUT2D eigenvalue weighted by atomic mass is 9.93. The highest BCUT2D eigenvalue weighted by molar-refractivity contribution is 5.89. The van der Waals surface area contributed by atoms with Crippen molar-refractivity contribution in [3.8, 4) is 0 Å². The van der Waals surface area contributed by atoms with E-state index in [-0.39, 0.29) is 6.61 Å². The monoisotopic (exact) mass is 280 g/mol. The topological polar surface area (TPSA) is 96.2 Å². The van der Waals surface area contributed by atoms with Gasteiger partial charge in [-0.1, -0.05) is 24.3 Å². The summed E-state index contributed by atoms with van der Waals surface area (Å²) in [6.07, 6.45) is -3.12. The average Bonchev–Trinajstić information content (AvgIpc) is 2.70. The van der Waals surface area contributed by atoms with Gasteiger partial charge >= 0.3 is 5.97 Å². The standard InChI is InChI=1S/C14H16O6/c1-2-14(18)10(20-13(17)11(14)15)8-19-12(16)9-6-4-3-5-7-9/h2-7,10-11,13,15,17-18H,1,8H2/t10-,11+,13?,14-/m1/s1. The fourth-order valence-electron chi connectivity index (χ4n) is 2.00. The Bertz CT molecular complexity index is 488. The number of esters is 1. The molecule has 0 saturated carbocycles. The van der Waals surface area contributed by atoms with Crippen LogP contribution in [0.15, 0.2) is 43.0 Å². The van der Waals surface area contributed by atoms with Crippen LogP contribution in [0, 0.1) is 0 Å². The van der Waals surface area contributed by atoms with Gasteiger partial charge in [0.2, 0.25) is 0 Å². The third kappa shape index (κ3) is 2.59. The van der Waals surface area contributed by atoms with Gasteiger partial charge < -0.3 is 24.8 Å². The first-order valence-electron chi connectivity index (χ1n) is 6.08. The summed E-state index contributed by atoms with van der Waals surface area (Å²) in [5.74, 6) is -0.587. The normalized spacial score (nSPS) is 32.9. The molecule has 6 heteroatoms. The Morgan fingerprint density at radius 1 is 1.40 bits per heavy atom. The van der Waals surface area contributed by atoms with Gasteiger partial charge in [-0.05, 0) is 12.1 Å². The molecule has 0 aliphatic carbocycles. The van der Waals surface area contributed by atoms with Crippen LogP contribution in [0.2, 0.25) is 0 Å². The molecule has 1 aromatic carbocycles. The minimum atomic E-state index is -1.86. The molecule has 1 aliphatic heterocycles. The van der Waals surface area contributed by atoms with Crippen LogP contribution in [0.1, 0.15) is 10.4 Å². The molecule has 6 nitrogen and oxygen atoms in total. The van der Waals surface area contributed by atoms with E-state index in [0.717, 1.165) is 6.08 Å². The van der Waals surface area contributed by atoms with Crippen LogP contribution in [0.5, 0.6) is 0 Å². The van der Waals surface area contributed by atoms with Gasteiger partial charge in [0.1, 0.15) is 24.4 Å². The Morgan fingerprint density at radius 2 is 2.05 bits per heavy atom. The number of aliphatic hydroxyl groups excluding tert-OH is 2. The van der Waals surface area contributed by atoms with E-state index in [9.17, 15) is 20.1 Å². The maximum absolute atomic E-state index is 11.8. The number of hydrogen-bond donors (Lipinski definition) is 3. The maximum Gasteiger partial charge on any atom is 0.338 e. The van der Waals surface area contributed by atoms with Crippen LogP contribution in [-0.4, -0.2) is 52.0 Å². The lowest BCUT2D eigenvalue weighted by Crippen LogP contribution is -2.48. The van der Waals surface area contributed by atoms with Crippen molar-refractivity contribution in [1.82, 2.24) is 0 Å². The summed E-state index contributed by atoms with van der Waals surface area (Å²) >= 11 is 0. The van der Waals surface area contributed by atoms with Crippen LogP contribution < -0.4 is 0 Å². The summed E-state index contributed by atoms with van der Waals surface area (Å²) in [7, 11) is 0. The van der Waals surface area contributed by atoms with Gasteiger partial charge in [-0.15, -0.1) is 6.58 Å². The van der Waals surface area contributed by atoms with Gasteiger partial charge in [-0.3, -0.25) is 0 Å². The summed E-state index contributed by atoms with van der Waals surface area (Å²) < 4.78 is 9.99. The first kappa shape index (κ1) is 14.7. The number of carbonyl (C=O) groups is 1. The summed E-state index contributed by atoms with van der Waals surface area (Å²) in [6.45, 7) is 3.08. The minimum Gasteiger partial charge on any atom is -0.459 e. The fourth-order valence-corrected chi connectivity index (χ4v) is 2.00. The largest absolute Gasteiger partial charge is 0.459 e. The summed E-state index contributed by atoms with van der Waals surface area (Å²) in [5, 5.41) is 29.2. The molecule has 3 N–H and O–H groups in total. The highest BCUT2D eigenvalue weighted by Crippen LogP contribution is 2.31. The van der Waals surface area contributed by atoms with E-state index < -0.39 is 30.1 Å². The third-order valence-electron chi connectivity index (χ3n) is 3.27. The molecule has 1 aliphatic rings. The number of carbonyl (C=O) groups excluding carboxylic acids is 1. The summed E-state index contributed by atoms with van der Waals surface area (Å²) in [4.78, 5) is 11.8. The molecule has 0 aromatic heterocycles. The molecule has 0 radical (unpaired) electrons. The highest BCUT2D eigenvalue weighted by Gasteiger charge is 2.53. The van der Waals surface area contributed by atoms with Gasteiger partial charge in [-0.2, -0.15) is 0 Å². The maximum atomic E-state index is 11.8. The highest BCUT2D eigenvalue weighted by atomic mass is 16.7. The number of aliphatic hydroxyl groups is 3. The van der Waals surface area contributed by atoms with E-state index >= 15 is 0 Å². The Hall–Kier alpha value is -1.73. The van der Waals surface area contributed by atoms with Crippen molar-refractivity contribution >= 4 is 5.97 Å². The molecule has 4 atom stereocenters. The molecular formula is C14H16O6. The predicted octanol–water partition coefficient (Wildman–Crippen LogP) is -0.161. The molecule has 1 heterocycles. The van der Waals surface area contributed by atoms with Crippen molar-refractivity contribution in [2.24, 2.45) is 0 Å². The van der Waals surface area contributed by atoms with E-state index in [2.05, 4.69) is 6.58 Å². The zero-order chi connectivity index (χ0) is 14.8. The lowest BCUT2D eigenvalue weighted by molar-refractivity contribution is -0.133. The van der Waals surface area contributed by atoms with Crippen LogP contribution in [0.3, 0.4) is 0 Å². The molecule has 1 fully saturated rings. The van der Waals surface area contributed by atoms with E-state index in [1.165, 1.54) is 0 Å². The molecule has 108 valence electrons. The van der Waals surface area contributed by atoms with E-state index in [0.29, 0.717) is 5.56 Å².